The van der Waals surface area contributed by atoms with Gasteiger partial charge in [-0.1, -0.05) is 24.4 Å². The van der Waals surface area contributed by atoms with E-state index in [0.29, 0.717) is 17.2 Å². The minimum atomic E-state index is -0.289. The molecule has 0 atom stereocenters. The first-order valence-corrected chi connectivity index (χ1v) is 8.13. The summed E-state index contributed by atoms with van der Waals surface area (Å²) >= 11 is 6.01. The normalized spacial score (nSPS) is 17.2. The van der Waals surface area contributed by atoms with E-state index in [1.54, 1.807) is 22.8 Å². The lowest BCUT2D eigenvalue weighted by atomic mass is 10.2. The number of aromatic nitrogens is 1. The Bertz CT molecular complexity index is 654. The van der Waals surface area contributed by atoms with Gasteiger partial charge in [0.1, 0.15) is 0 Å². The van der Waals surface area contributed by atoms with Crippen LogP contribution < -0.4 is 5.76 Å². The highest BCUT2D eigenvalue weighted by molar-refractivity contribution is 6.31. The topological polar surface area (TPSA) is 38.4 Å². The number of nitrogens with zero attached hydrogens (tertiary/aromatic N) is 2. The lowest BCUT2D eigenvalue weighted by Crippen LogP contribution is -2.27. The van der Waals surface area contributed by atoms with Crippen molar-refractivity contribution in [2.75, 3.05) is 19.6 Å². The van der Waals surface area contributed by atoms with Gasteiger partial charge in [0.25, 0.3) is 0 Å². The Morgan fingerprint density at radius 3 is 2.62 bits per heavy atom. The van der Waals surface area contributed by atoms with Crippen LogP contribution in [0.5, 0.6) is 0 Å². The molecule has 1 aliphatic heterocycles. The summed E-state index contributed by atoms with van der Waals surface area (Å²) in [5.74, 6) is -0.289. The van der Waals surface area contributed by atoms with Crippen molar-refractivity contribution in [3.05, 3.63) is 33.8 Å². The highest BCUT2D eigenvalue weighted by atomic mass is 35.5. The van der Waals surface area contributed by atoms with Gasteiger partial charge in [-0.3, -0.25) is 4.57 Å². The zero-order chi connectivity index (χ0) is 14.7. The summed E-state index contributed by atoms with van der Waals surface area (Å²) in [5.41, 5.74) is 1.41. The molecule has 2 aromatic rings. The van der Waals surface area contributed by atoms with E-state index in [0.717, 1.165) is 18.5 Å². The van der Waals surface area contributed by atoms with E-state index < -0.39 is 0 Å². The van der Waals surface area contributed by atoms with Crippen molar-refractivity contribution in [1.82, 2.24) is 9.47 Å². The molecule has 114 valence electrons. The monoisotopic (exact) mass is 308 g/mol. The average Bonchev–Trinajstić information content (AvgIpc) is 2.66. The smallest absolute Gasteiger partial charge is 0.408 e. The van der Waals surface area contributed by atoms with E-state index in [1.165, 1.54) is 38.8 Å². The molecule has 0 radical (unpaired) electrons. The lowest BCUT2D eigenvalue weighted by Gasteiger charge is -2.19. The predicted molar refractivity (Wildman–Crippen MR) is 85.0 cm³/mol. The van der Waals surface area contributed by atoms with Crippen molar-refractivity contribution in [2.45, 2.75) is 38.6 Å². The number of likely N-dealkylation sites (tertiary alicyclic amines) is 1. The van der Waals surface area contributed by atoms with Crippen molar-refractivity contribution in [2.24, 2.45) is 0 Å². The van der Waals surface area contributed by atoms with Crippen LogP contribution in [-0.4, -0.2) is 29.1 Å². The Labute approximate surface area is 129 Å². The van der Waals surface area contributed by atoms with Gasteiger partial charge in [-0.2, -0.15) is 0 Å². The molecule has 0 saturated carbocycles. The number of oxazole rings is 1. The maximum atomic E-state index is 11.9. The van der Waals surface area contributed by atoms with Gasteiger partial charge in [-0.05, 0) is 57.1 Å². The maximum absolute atomic E-state index is 11.9. The summed E-state index contributed by atoms with van der Waals surface area (Å²) in [6, 6.07) is 5.30. The third kappa shape index (κ3) is 3.50. The molecule has 5 heteroatoms. The molecular weight excluding hydrogens is 288 g/mol. The molecular formula is C16H21ClN2O2. The third-order valence-corrected chi connectivity index (χ3v) is 4.42. The van der Waals surface area contributed by atoms with E-state index in [-0.39, 0.29) is 5.76 Å². The Morgan fingerprint density at radius 1 is 1.10 bits per heavy atom. The first kappa shape index (κ1) is 14.7. The number of aryl methyl sites for hydroxylation is 1. The molecule has 1 saturated heterocycles. The summed E-state index contributed by atoms with van der Waals surface area (Å²) in [7, 11) is 0. The van der Waals surface area contributed by atoms with Crippen molar-refractivity contribution in [3.63, 3.8) is 0 Å². The fraction of sp³-hybridized carbons (Fsp3) is 0.562. The molecule has 0 bridgehead atoms. The van der Waals surface area contributed by atoms with E-state index >= 15 is 0 Å². The van der Waals surface area contributed by atoms with Crippen LogP contribution in [0.2, 0.25) is 5.02 Å². The molecule has 0 N–H and O–H groups in total. The molecule has 1 aliphatic rings. The fourth-order valence-electron chi connectivity index (χ4n) is 3.06. The number of benzene rings is 1. The van der Waals surface area contributed by atoms with Crippen molar-refractivity contribution in [1.29, 1.82) is 0 Å². The van der Waals surface area contributed by atoms with Gasteiger partial charge in [0.2, 0.25) is 0 Å². The van der Waals surface area contributed by atoms with Crippen LogP contribution >= 0.6 is 11.6 Å². The van der Waals surface area contributed by atoms with Gasteiger partial charge in [0.15, 0.2) is 5.58 Å². The van der Waals surface area contributed by atoms with E-state index in [4.69, 9.17) is 16.0 Å². The molecule has 0 spiro atoms. The average molecular weight is 309 g/mol. The minimum Gasteiger partial charge on any atom is -0.408 e. The Balaban J connectivity index is 1.66. The molecule has 2 heterocycles. The number of halogens is 1. The van der Waals surface area contributed by atoms with Crippen LogP contribution in [0.25, 0.3) is 11.1 Å². The minimum absolute atomic E-state index is 0.289. The second-order valence-electron chi connectivity index (χ2n) is 5.74. The summed E-state index contributed by atoms with van der Waals surface area (Å²) in [6.45, 7) is 4.10. The molecule has 1 aromatic heterocycles. The van der Waals surface area contributed by atoms with Gasteiger partial charge in [0.05, 0.1) is 5.52 Å². The molecule has 4 nitrogen and oxygen atoms in total. The summed E-state index contributed by atoms with van der Waals surface area (Å²) < 4.78 is 6.95. The molecule has 21 heavy (non-hydrogen) atoms. The Kier molecular flexibility index (Phi) is 4.66. The summed E-state index contributed by atoms with van der Waals surface area (Å²) in [6.07, 6.45) is 6.25. The van der Waals surface area contributed by atoms with Crippen LogP contribution in [0.4, 0.5) is 0 Å². The zero-order valence-corrected chi connectivity index (χ0v) is 12.9. The van der Waals surface area contributed by atoms with Crippen LogP contribution in [0.3, 0.4) is 0 Å². The number of hydrogen-bond acceptors (Lipinski definition) is 3. The Hall–Kier alpha value is -1.26. The molecule has 1 aromatic carbocycles. The van der Waals surface area contributed by atoms with Gasteiger partial charge in [0, 0.05) is 11.6 Å². The van der Waals surface area contributed by atoms with Crippen LogP contribution in [-0.2, 0) is 6.54 Å². The third-order valence-electron chi connectivity index (χ3n) is 4.18. The van der Waals surface area contributed by atoms with Crippen molar-refractivity contribution < 1.29 is 4.42 Å². The van der Waals surface area contributed by atoms with Crippen LogP contribution in [0.15, 0.2) is 27.4 Å². The van der Waals surface area contributed by atoms with Crippen LogP contribution in [0.1, 0.15) is 32.1 Å². The van der Waals surface area contributed by atoms with Gasteiger partial charge >= 0.3 is 5.76 Å². The summed E-state index contributed by atoms with van der Waals surface area (Å²) in [4.78, 5) is 14.4. The van der Waals surface area contributed by atoms with E-state index in [2.05, 4.69) is 4.90 Å². The second-order valence-corrected chi connectivity index (χ2v) is 6.18. The van der Waals surface area contributed by atoms with Gasteiger partial charge < -0.3 is 9.32 Å². The predicted octanol–water partition coefficient (Wildman–Crippen LogP) is 3.51. The van der Waals surface area contributed by atoms with Gasteiger partial charge in [-0.25, -0.2) is 4.79 Å². The number of rotatable bonds is 4. The molecule has 0 amide bonds. The lowest BCUT2D eigenvalue weighted by molar-refractivity contribution is 0.275. The first-order valence-electron chi connectivity index (χ1n) is 7.75. The largest absolute Gasteiger partial charge is 0.419 e. The van der Waals surface area contributed by atoms with Crippen LogP contribution in [0, 0.1) is 0 Å². The van der Waals surface area contributed by atoms with E-state index in [9.17, 15) is 4.79 Å². The van der Waals surface area contributed by atoms with E-state index in [1.807, 2.05) is 0 Å². The van der Waals surface area contributed by atoms with Gasteiger partial charge in [-0.15, -0.1) is 0 Å². The standard InChI is InChI=1S/C16H21ClN2O2/c17-13-6-7-15-14(12-13)19(16(20)21-15)11-5-10-18-8-3-1-2-4-9-18/h6-7,12H,1-5,8-11H2. The fourth-order valence-corrected chi connectivity index (χ4v) is 3.23. The highest BCUT2D eigenvalue weighted by Crippen LogP contribution is 2.18. The molecule has 0 aliphatic carbocycles. The van der Waals surface area contributed by atoms with Crippen molar-refractivity contribution in [3.8, 4) is 0 Å². The molecule has 1 fully saturated rings. The summed E-state index contributed by atoms with van der Waals surface area (Å²) in [5, 5.41) is 0.629. The molecule has 3 rings (SSSR count). The Morgan fingerprint density at radius 2 is 1.86 bits per heavy atom. The van der Waals surface area contributed by atoms with Crippen molar-refractivity contribution >= 4 is 22.7 Å². The zero-order valence-electron chi connectivity index (χ0n) is 12.2. The number of fused-ring (bicyclic) bond motifs is 1. The number of hydrogen-bond donors (Lipinski definition) is 0. The quantitative estimate of drug-likeness (QED) is 0.867. The highest BCUT2D eigenvalue weighted by Gasteiger charge is 2.11. The SMILES string of the molecule is O=c1oc2ccc(Cl)cc2n1CCCN1CCCCCC1. The molecule has 0 unspecified atom stereocenters. The second kappa shape index (κ2) is 6.67. The first-order chi connectivity index (χ1) is 10.2. The maximum Gasteiger partial charge on any atom is 0.419 e.